The van der Waals surface area contributed by atoms with Gasteiger partial charge in [0.05, 0.1) is 11.3 Å². The number of fused-ring (bicyclic) bond motifs is 2. The van der Waals surface area contributed by atoms with Crippen LogP contribution in [0, 0.1) is 0 Å². The maximum atomic E-state index is 12.9. The number of carbonyl (C=O) groups excluding carboxylic acids is 2. The third kappa shape index (κ3) is 2.44. The Morgan fingerprint density at radius 1 is 1.09 bits per heavy atom. The van der Waals surface area contributed by atoms with E-state index in [9.17, 15) is 9.59 Å². The molecule has 116 valence electrons. The molecule has 0 bridgehead atoms. The fourth-order valence-electron chi connectivity index (χ4n) is 3.12. The molecule has 0 saturated carbocycles. The van der Waals surface area contributed by atoms with Gasteiger partial charge >= 0.3 is 0 Å². The largest absolute Gasteiger partial charge is 0.481 e. The molecule has 2 aromatic carbocycles. The lowest BCUT2D eigenvalue weighted by Crippen LogP contribution is -2.36. The maximum Gasteiger partial charge on any atom is 0.262 e. The zero-order chi connectivity index (χ0) is 15.8. The average Bonchev–Trinajstić information content (AvgIpc) is 2.60. The number of carbonyl (C=O) groups is 2. The summed E-state index contributed by atoms with van der Waals surface area (Å²) in [5.41, 5.74) is 3.55. The van der Waals surface area contributed by atoms with E-state index in [0.29, 0.717) is 30.1 Å². The molecule has 2 aromatic rings. The van der Waals surface area contributed by atoms with Crippen molar-refractivity contribution in [3.8, 4) is 5.75 Å². The summed E-state index contributed by atoms with van der Waals surface area (Å²) in [5.74, 6) is 0.206. The summed E-state index contributed by atoms with van der Waals surface area (Å²) < 4.78 is 5.49. The van der Waals surface area contributed by atoms with Gasteiger partial charge in [0.2, 0.25) is 0 Å². The maximum absolute atomic E-state index is 12.9. The highest BCUT2D eigenvalue weighted by Crippen LogP contribution is 2.33. The van der Waals surface area contributed by atoms with Gasteiger partial charge in [-0.25, -0.2) is 0 Å². The number of benzene rings is 2. The number of anilines is 1. The number of hydrogen-bond acceptors (Lipinski definition) is 3. The van der Waals surface area contributed by atoms with E-state index < -0.39 is 0 Å². The first-order chi connectivity index (χ1) is 11.2. The molecule has 4 rings (SSSR count). The molecule has 0 spiro atoms. The lowest BCUT2D eigenvalue weighted by molar-refractivity contribution is -0.118. The third-order valence-electron chi connectivity index (χ3n) is 4.28. The number of nitrogens with zero attached hydrogens (tertiary/aromatic N) is 1. The number of para-hydroxylation sites is 1. The molecule has 0 atom stereocenters. The van der Waals surface area contributed by atoms with E-state index in [4.69, 9.17) is 4.74 Å². The summed E-state index contributed by atoms with van der Waals surface area (Å²) >= 11 is 0. The van der Waals surface area contributed by atoms with E-state index in [1.54, 1.807) is 18.2 Å². The molecule has 0 aliphatic carbocycles. The highest BCUT2D eigenvalue weighted by molar-refractivity contribution is 6.03. The smallest absolute Gasteiger partial charge is 0.262 e. The van der Waals surface area contributed by atoms with Crippen molar-refractivity contribution in [1.29, 1.82) is 0 Å². The lowest BCUT2D eigenvalue weighted by Gasteiger charge is -2.30. The molecule has 2 heterocycles. The fraction of sp³-hybridized carbons (Fsp3) is 0.222. The van der Waals surface area contributed by atoms with Crippen LogP contribution in [0.1, 0.15) is 21.5 Å². The van der Waals surface area contributed by atoms with Gasteiger partial charge in [0.1, 0.15) is 0 Å². The highest BCUT2D eigenvalue weighted by Gasteiger charge is 2.27. The summed E-state index contributed by atoms with van der Waals surface area (Å²) in [6, 6.07) is 13.5. The van der Waals surface area contributed by atoms with Gasteiger partial charge in [0, 0.05) is 13.1 Å². The van der Waals surface area contributed by atoms with Crippen molar-refractivity contribution in [2.45, 2.75) is 13.0 Å². The van der Waals surface area contributed by atoms with Crippen molar-refractivity contribution in [1.82, 2.24) is 4.90 Å². The predicted octanol–water partition coefficient (Wildman–Crippen LogP) is 2.22. The molecule has 0 unspecified atom stereocenters. The summed E-state index contributed by atoms with van der Waals surface area (Å²) in [6.45, 7) is 1.23. The highest BCUT2D eigenvalue weighted by atomic mass is 16.5. The van der Waals surface area contributed by atoms with Crippen LogP contribution in [0.2, 0.25) is 0 Å². The summed E-state index contributed by atoms with van der Waals surface area (Å²) in [7, 11) is 0. The molecule has 5 nitrogen and oxygen atoms in total. The van der Waals surface area contributed by atoms with Crippen LogP contribution >= 0.6 is 0 Å². The van der Waals surface area contributed by atoms with Gasteiger partial charge < -0.3 is 15.0 Å². The van der Waals surface area contributed by atoms with Gasteiger partial charge in [-0.2, -0.15) is 0 Å². The second-order valence-corrected chi connectivity index (χ2v) is 5.76. The molecule has 2 amide bonds. The van der Waals surface area contributed by atoms with Crippen LogP contribution in [0.5, 0.6) is 5.75 Å². The van der Waals surface area contributed by atoms with Crippen LogP contribution in [0.15, 0.2) is 42.5 Å². The Morgan fingerprint density at radius 3 is 2.78 bits per heavy atom. The van der Waals surface area contributed by atoms with Crippen molar-refractivity contribution < 1.29 is 14.3 Å². The number of rotatable bonds is 1. The van der Waals surface area contributed by atoms with Crippen molar-refractivity contribution >= 4 is 17.5 Å². The van der Waals surface area contributed by atoms with E-state index >= 15 is 0 Å². The Kier molecular flexibility index (Phi) is 3.26. The van der Waals surface area contributed by atoms with Crippen LogP contribution in [0.3, 0.4) is 0 Å². The number of amides is 2. The molecule has 5 heteroatoms. The molecule has 23 heavy (non-hydrogen) atoms. The van der Waals surface area contributed by atoms with Crippen molar-refractivity contribution in [3.05, 3.63) is 59.2 Å². The number of hydrogen-bond donors (Lipinski definition) is 1. The zero-order valence-electron chi connectivity index (χ0n) is 12.5. The third-order valence-corrected chi connectivity index (χ3v) is 4.28. The van der Waals surface area contributed by atoms with Gasteiger partial charge in [-0.3, -0.25) is 9.59 Å². The molecular weight excluding hydrogens is 292 g/mol. The normalized spacial score (nSPS) is 16.0. The standard InChI is InChI=1S/C18H16N2O3/c21-16-11-23-17-14(6-3-7-15(17)19-16)18(22)20-9-8-12-4-1-2-5-13(12)10-20/h1-7H,8-11H2,(H,19,21). The quantitative estimate of drug-likeness (QED) is 0.879. The Hall–Kier alpha value is -2.82. The Bertz CT molecular complexity index is 801. The fourth-order valence-corrected chi connectivity index (χ4v) is 3.12. The summed E-state index contributed by atoms with van der Waals surface area (Å²) in [6.07, 6.45) is 0.856. The molecule has 0 fully saturated rings. The van der Waals surface area contributed by atoms with Gasteiger partial charge in [0.25, 0.3) is 11.8 Å². The molecule has 0 aromatic heterocycles. The summed E-state index contributed by atoms with van der Waals surface area (Å²) in [5, 5.41) is 2.74. The SMILES string of the molecule is O=C1COc2c(cccc2C(=O)N2CCc3ccccc3C2)N1. The van der Waals surface area contributed by atoms with Crippen LogP contribution in [-0.4, -0.2) is 29.9 Å². The Morgan fingerprint density at radius 2 is 1.91 bits per heavy atom. The predicted molar refractivity (Wildman–Crippen MR) is 85.5 cm³/mol. The lowest BCUT2D eigenvalue weighted by atomic mass is 9.99. The van der Waals surface area contributed by atoms with Gasteiger partial charge in [0.15, 0.2) is 12.4 Å². The number of nitrogens with one attached hydrogen (secondary N) is 1. The van der Waals surface area contributed by atoms with E-state index in [2.05, 4.69) is 17.4 Å². The van der Waals surface area contributed by atoms with Crippen LogP contribution in [0.25, 0.3) is 0 Å². The topological polar surface area (TPSA) is 58.6 Å². The first-order valence-corrected chi connectivity index (χ1v) is 7.64. The molecular formula is C18H16N2O3. The van der Waals surface area contributed by atoms with Gasteiger partial charge in [-0.1, -0.05) is 30.3 Å². The van der Waals surface area contributed by atoms with Crippen molar-refractivity contribution in [3.63, 3.8) is 0 Å². The van der Waals surface area contributed by atoms with Crippen molar-refractivity contribution in [2.75, 3.05) is 18.5 Å². The second kappa shape index (κ2) is 5.43. The minimum absolute atomic E-state index is 0.0554. The van der Waals surface area contributed by atoms with E-state index in [1.165, 1.54) is 11.1 Å². The molecule has 2 aliphatic heterocycles. The molecule has 1 N–H and O–H groups in total. The first kappa shape index (κ1) is 13.8. The van der Waals surface area contributed by atoms with E-state index in [-0.39, 0.29) is 18.4 Å². The monoisotopic (exact) mass is 308 g/mol. The Labute approximate surface area is 133 Å². The van der Waals surface area contributed by atoms with E-state index in [1.807, 2.05) is 17.0 Å². The zero-order valence-corrected chi connectivity index (χ0v) is 12.5. The summed E-state index contributed by atoms with van der Waals surface area (Å²) in [4.78, 5) is 26.1. The van der Waals surface area contributed by atoms with Crippen LogP contribution in [-0.2, 0) is 17.8 Å². The molecule has 0 saturated heterocycles. The second-order valence-electron chi connectivity index (χ2n) is 5.76. The average molecular weight is 308 g/mol. The number of ether oxygens (including phenoxy) is 1. The van der Waals surface area contributed by atoms with Crippen LogP contribution in [0.4, 0.5) is 5.69 Å². The molecule has 2 aliphatic rings. The first-order valence-electron chi connectivity index (χ1n) is 7.64. The van der Waals surface area contributed by atoms with Crippen LogP contribution < -0.4 is 10.1 Å². The Balaban J connectivity index is 1.64. The van der Waals surface area contributed by atoms with Gasteiger partial charge in [-0.15, -0.1) is 0 Å². The molecule has 0 radical (unpaired) electrons. The van der Waals surface area contributed by atoms with E-state index in [0.717, 1.165) is 6.42 Å². The minimum Gasteiger partial charge on any atom is -0.481 e. The minimum atomic E-state index is -0.200. The van der Waals surface area contributed by atoms with Gasteiger partial charge in [-0.05, 0) is 29.7 Å². The van der Waals surface area contributed by atoms with Crippen molar-refractivity contribution in [2.24, 2.45) is 0 Å².